The molecule has 184 valence electrons. The van der Waals surface area contributed by atoms with Gasteiger partial charge in [0, 0.05) is 43.9 Å². The van der Waals surface area contributed by atoms with Crippen LogP contribution in [0.5, 0.6) is 0 Å². The molecule has 1 fully saturated rings. The largest absolute Gasteiger partial charge is 0.341 e. The number of Topliss-reactive ketones (excluding diaryl/α,β-unsaturated/α-hetero) is 1. The quantitative estimate of drug-likeness (QED) is 0.382. The van der Waals surface area contributed by atoms with Crippen LogP contribution in [-0.2, 0) is 17.9 Å². The summed E-state index contributed by atoms with van der Waals surface area (Å²) in [6.07, 6.45) is 7.77. The highest BCUT2D eigenvalue weighted by atomic mass is 16.2. The number of nitrogens with one attached hydrogen (secondary N) is 1. The van der Waals surface area contributed by atoms with Crippen molar-refractivity contribution in [2.75, 3.05) is 23.3 Å². The number of anilines is 2. The molecule has 9 heteroatoms. The van der Waals surface area contributed by atoms with E-state index in [0.29, 0.717) is 41.8 Å². The molecule has 4 rings (SSSR count). The summed E-state index contributed by atoms with van der Waals surface area (Å²) in [5.41, 5.74) is 7.78. The van der Waals surface area contributed by atoms with Gasteiger partial charge in [-0.2, -0.15) is 0 Å². The standard InChI is InChI=1S/C26H32N6O3/c1-3-5-14-32-24-21(29-26(32)31-13-8-9-18(27)16-31)12-15-30(25(24)35)17-22(33)19-10-6-7-11-20(19)28-23(34)4-2/h3,5-7,10-12,15,18H,4,8-9,13-14,16-17,27H2,1-2H3,(H,28,34). The van der Waals surface area contributed by atoms with E-state index in [2.05, 4.69) is 10.2 Å². The van der Waals surface area contributed by atoms with E-state index in [0.717, 1.165) is 25.3 Å². The first-order valence-corrected chi connectivity index (χ1v) is 12.1. The first-order valence-electron chi connectivity index (χ1n) is 12.1. The zero-order valence-corrected chi connectivity index (χ0v) is 20.2. The van der Waals surface area contributed by atoms with Gasteiger partial charge in [-0.15, -0.1) is 0 Å². The monoisotopic (exact) mass is 476 g/mol. The number of imidazole rings is 1. The summed E-state index contributed by atoms with van der Waals surface area (Å²) in [6, 6.07) is 8.69. The number of pyridine rings is 1. The summed E-state index contributed by atoms with van der Waals surface area (Å²) in [6.45, 7) is 5.55. The fraction of sp³-hybridized carbons (Fsp3) is 0.385. The van der Waals surface area contributed by atoms with Gasteiger partial charge in [0.15, 0.2) is 5.78 Å². The van der Waals surface area contributed by atoms with Crippen LogP contribution >= 0.6 is 0 Å². The maximum atomic E-state index is 13.6. The van der Waals surface area contributed by atoms with Crippen molar-refractivity contribution in [3.05, 3.63) is 64.6 Å². The van der Waals surface area contributed by atoms with Crippen molar-refractivity contribution in [2.45, 2.75) is 52.2 Å². The molecular weight excluding hydrogens is 444 g/mol. The van der Waals surface area contributed by atoms with Crippen LogP contribution in [0.3, 0.4) is 0 Å². The number of hydrogen-bond acceptors (Lipinski definition) is 6. The minimum atomic E-state index is -0.282. The Hall–Kier alpha value is -3.72. The molecule has 1 saturated heterocycles. The second-order valence-corrected chi connectivity index (χ2v) is 8.79. The van der Waals surface area contributed by atoms with Crippen LogP contribution < -0.4 is 21.5 Å². The van der Waals surface area contributed by atoms with Gasteiger partial charge in [0.05, 0.1) is 17.7 Å². The maximum Gasteiger partial charge on any atom is 0.277 e. The van der Waals surface area contributed by atoms with Crippen LogP contribution in [0.25, 0.3) is 11.0 Å². The Morgan fingerprint density at radius 3 is 2.80 bits per heavy atom. The van der Waals surface area contributed by atoms with Gasteiger partial charge < -0.3 is 25.1 Å². The molecule has 0 radical (unpaired) electrons. The fourth-order valence-corrected chi connectivity index (χ4v) is 4.42. The minimum absolute atomic E-state index is 0.0706. The molecule has 2 aromatic heterocycles. The van der Waals surface area contributed by atoms with Crippen LogP contribution in [0.1, 0.15) is 43.5 Å². The number of nitrogens with two attached hydrogens (primary N) is 1. The maximum absolute atomic E-state index is 13.6. The number of fused-ring (bicyclic) bond motifs is 1. The number of hydrogen-bond donors (Lipinski definition) is 2. The zero-order valence-electron chi connectivity index (χ0n) is 20.2. The summed E-state index contributed by atoms with van der Waals surface area (Å²) in [7, 11) is 0. The summed E-state index contributed by atoms with van der Waals surface area (Å²) in [5, 5.41) is 2.76. The average Bonchev–Trinajstić information content (AvgIpc) is 3.24. The van der Waals surface area contributed by atoms with Crippen molar-refractivity contribution in [2.24, 2.45) is 5.73 Å². The molecule has 1 unspecified atom stereocenters. The summed E-state index contributed by atoms with van der Waals surface area (Å²) >= 11 is 0. The van der Waals surface area contributed by atoms with Gasteiger partial charge >= 0.3 is 0 Å². The number of benzene rings is 1. The van der Waals surface area contributed by atoms with Crippen molar-refractivity contribution in [1.82, 2.24) is 14.1 Å². The lowest BCUT2D eigenvalue weighted by molar-refractivity contribution is -0.115. The van der Waals surface area contributed by atoms with E-state index in [4.69, 9.17) is 10.7 Å². The Morgan fingerprint density at radius 2 is 2.06 bits per heavy atom. The lowest BCUT2D eigenvalue weighted by atomic mass is 10.1. The molecule has 0 saturated carbocycles. The number of carbonyl (C=O) groups is 2. The Kier molecular flexibility index (Phi) is 7.45. The third-order valence-electron chi connectivity index (χ3n) is 6.25. The van der Waals surface area contributed by atoms with Crippen LogP contribution in [0, 0.1) is 0 Å². The second-order valence-electron chi connectivity index (χ2n) is 8.79. The van der Waals surface area contributed by atoms with Gasteiger partial charge in [-0.1, -0.05) is 31.2 Å². The number of allylic oxidation sites excluding steroid dienone is 2. The predicted octanol–water partition coefficient (Wildman–Crippen LogP) is 2.93. The van der Waals surface area contributed by atoms with Gasteiger partial charge in [-0.3, -0.25) is 14.4 Å². The van der Waals surface area contributed by atoms with Gasteiger partial charge in [-0.25, -0.2) is 4.98 Å². The number of piperidine rings is 1. The summed E-state index contributed by atoms with van der Waals surface area (Å²) in [4.78, 5) is 45.5. The second kappa shape index (κ2) is 10.7. The summed E-state index contributed by atoms with van der Waals surface area (Å²) < 4.78 is 3.31. The van der Waals surface area contributed by atoms with Crippen molar-refractivity contribution in [3.8, 4) is 0 Å². The van der Waals surface area contributed by atoms with E-state index in [1.807, 2.05) is 23.6 Å². The average molecular weight is 477 g/mol. The third-order valence-corrected chi connectivity index (χ3v) is 6.25. The molecule has 1 aromatic carbocycles. The topological polar surface area (TPSA) is 115 Å². The Balaban J connectivity index is 1.71. The van der Waals surface area contributed by atoms with E-state index in [-0.39, 0.29) is 29.8 Å². The fourth-order valence-electron chi connectivity index (χ4n) is 4.42. The highest BCUT2D eigenvalue weighted by Crippen LogP contribution is 2.24. The van der Waals surface area contributed by atoms with Gasteiger partial charge in [-0.05, 0) is 38.0 Å². The molecule has 1 amide bonds. The van der Waals surface area contributed by atoms with E-state index in [1.165, 1.54) is 4.57 Å². The Bertz CT molecular complexity index is 1320. The first kappa shape index (κ1) is 24.4. The van der Waals surface area contributed by atoms with Crippen LogP contribution in [0.4, 0.5) is 11.6 Å². The summed E-state index contributed by atoms with van der Waals surface area (Å²) in [5.74, 6) is 0.281. The zero-order chi connectivity index (χ0) is 24.9. The number of amides is 1. The molecule has 1 aliphatic heterocycles. The molecule has 3 heterocycles. The molecule has 0 spiro atoms. The SMILES string of the molecule is CC=CCn1c(N2CCCC(N)C2)nc2ccn(CC(=O)c3ccccc3NC(=O)CC)c(=O)c21. The van der Waals surface area contributed by atoms with Crippen molar-refractivity contribution in [3.63, 3.8) is 0 Å². The Labute approximate surface area is 204 Å². The van der Waals surface area contributed by atoms with Gasteiger partial charge in [0.2, 0.25) is 11.9 Å². The third kappa shape index (κ3) is 5.19. The van der Waals surface area contributed by atoms with Crippen LogP contribution in [0.2, 0.25) is 0 Å². The lowest BCUT2D eigenvalue weighted by Gasteiger charge is -2.31. The molecule has 9 nitrogen and oxygen atoms in total. The Morgan fingerprint density at radius 1 is 1.26 bits per heavy atom. The number of ketones is 1. The van der Waals surface area contributed by atoms with Crippen LogP contribution in [-0.4, -0.2) is 44.9 Å². The lowest BCUT2D eigenvalue weighted by Crippen LogP contribution is -2.44. The van der Waals surface area contributed by atoms with E-state index < -0.39 is 0 Å². The van der Waals surface area contributed by atoms with Crippen molar-refractivity contribution >= 4 is 34.4 Å². The van der Waals surface area contributed by atoms with Crippen LogP contribution in [0.15, 0.2) is 53.5 Å². The molecule has 0 bridgehead atoms. The molecule has 0 aliphatic carbocycles. The van der Waals surface area contributed by atoms with E-state index in [1.54, 1.807) is 43.5 Å². The molecule has 3 N–H and O–H groups in total. The number of carbonyl (C=O) groups excluding carboxylic acids is 2. The minimum Gasteiger partial charge on any atom is -0.341 e. The first-order chi connectivity index (χ1) is 16.9. The molecule has 1 atom stereocenters. The highest BCUT2D eigenvalue weighted by molar-refractivity contribution is 6.04. The smallest absolute Gasteiger partial charge is 0.277 e. The number of para-hydroxylation sites is 1. The number of aromatic nitrogens is 3. The normalized spacial score (nSPS) is 16.2. The number of rotatable bonds is 8. The van der Waals surface area contributed by atoms with Crippen molar-refractivity contribution in [1.29, 1.82) is 0 Å². The molecular formula is C26H32N6O3. The number of nitrogens with zero attached hydrogens (tertiary/aromatic N) is 4. The molecule has 1 aliphatic rings. The van der Waals surface area contributed by atoms with Gasteiger partial charge in [0.25, 0.3) is 5.56 Å². The highest BCUT2D eigenvalue weighted by Gasteiger charge is 2.24. The van der Waals surface area contributed by atoms with E-state index >= 15 is 0 Å². The van der Waals surface area contributed by atoms with Gasteiger partial charge in [0.1, 0.15) is 5.52 Å². The molecule has 3 aromatic rings. The predicted molar refractivity (Wildman–Crippen MR) is 138 cm³/mol. The molecule has 35 heavy (non-hydrogen) atoms. The van der Waals surface area contributed by atoms with Crippen molar-refractivity contribution < 1.29 is 9.59 Å². The van der Waals surface area contributed by atoms with E-state index in [9.17, 15) is 14.4 Å².